The minimum Gasteiger partial charge on any atom is -0.374 e. The number of rotatable bonds is 9. The van der Waals surface area contributed by atoms with Crippen molar-refractivity contribution in [1.82, 2.24) is 15.1 Å². The highest BCUT2D eigenvalue weighted by atomic mass is 16.5. The summed E-state index contributed by atoms with van der Waals surface area (Å²) in [5.41, 5.74) is 1.02. The maximum Gasteiger partial charge on any atom is 0.0907 e. The molecule has 0 saturated carbocycles. The standard InChI is InChI=1S/C13H25N3O/c1-4-13(5-2)16-9-7-12(15-16)11-17-10-8-14-6-3/h7,9,13-14H,4-6,8,10-11H2,1-3H3. The molecule has 0 fully saturated rings. The average Bonchev–Trinajstić information content (AvgIpc) is 2.79. The van der Waals surface area contributed by atoms with Crippen LogP contribution in [0.1, 0.15) is 45.3 Å². The maximum atomic E-state index is 5.54. The molecule has 0 unspecified atom stereocenters. The molecular formula is C13H25N3O. The summed E-state index contributed by atoms with van der Waals surface area (Å²) < 4.78 is 7.60. The third kappa shape index (κ3) is 4.88. The van der Waals surface area contributed by atoms with Gasteiger partial charge in [-0.2, -0.15) is 5.10 Å². The Kier molecular flexibility index (Phi) is 6.89. The molecule has 1 heterocycles. The second-order valence-corrected chi connectivity index (χ2v) is 4.16. The summed E-state index contributed by atoms with van der Waals surface area (Å²) in [5, 5.41) is 7.77. The van der Waals surface area contributed by atoms with Crippen LogP contribution in [0, 0.1) is 0 Å². The van der Waals surface area contributed by atoms with Gasteiger partial charge in [-0.15, -0.1) is 0 Å². The lowest BCUT2D eigenvalue weighted by atomic mass is 10.2. The first kappa shape index (κ1) is 14.2. The Bertz CT molecular complexity index is 295. The SMILES string of the molecule is CCNCCOCc1ccn(C(CC)CC)n1. The van der Waals surface area contributed by atoms with Gasteiger partial charge in [-0.1, -0.05) is 20.8 Å². The summed E-state index contributed by atoms with van der Waals surface area (Å²) in [6, 6.07) is 2.57. The van der Waals surface area contributed by atoms with Gasteiger partial charge in [-0.25, -0.2) is 0 Å². The van der Waals surface area contributed by atoms with Gasteiger partial charge in [-0.3, -0.25) is 4.68 Å². The predicted molar refractivity (Wildman–Crippen MR) is 70.0 cm³/mol. The Morgan fingerprint density at radius 3 is 2.76 bits per heavy atom. The van der Waals surface area contributed by atoms with E-state index >= 15 is 0 Å². The van der Waals surface area contributed by atoms with E-state index in [0.29, 0.717) is 12.6 Å². The Labute approximate surface area is 104 Å². The Morgan fingerprint density at radius 2 is 2.12 bits per heavy atom. The maximum absolute atomic E-state index is 5.54. The highest BCUT2D eigenvalue weighted by molar-refractivity contribution is 4.98. The highest BCUT2D eigenvalue weighted by Crippen LogP contribution is 2.14. The second kappa shape index (κ2) is 8.25. The van der Waals surface area contributed by atoms with Gasteiger partial charge >= 0.3 is 0 Å². The van der Waals surface area contributed by atoms with E-state index in [-0.39, 0.29) is 0 Å². The van der Waals surface area contributed by atoms with Gasteiger partial charge < -0.3 is 10.1 Å². The normalized spacial score (nSPS) is 11.3. The van der Waals surface area contributed by atoms with Gasteiger partial charge in [-0.05, 0) is 25.5 Å². The van der Waals surface area contributed by atoms with Crippen molar-refractivity contribution < 1.29 is 4.74 Å². The first-order chi connectivity index (χ1) is 8.31. The van der Waals surface area contributed by atoms with Crippen molar-refractivity contribution >= 4 is 0 Å². The topological polar surface area (TPSA) is 39.1 Å². The smallest absolute Gasteiger partial charge is 0.0907 e. The molecule has 4 heteroatoms. The van der Waals surface area contributed by atoms with E-state index in [0.717, 1.165) is 38.2 Å². The number of likely N-dealkylation sites (N-methyl/N-ethyl adjacent to an activating group) is 1. The zero-order valence-corrected chi connectivity index (χ0v) is 11.3. The molecule has 1 N–H and O–H groups in total. The van der Waals surface area contributed by atoms with Crippen LogP contribution in [0.15, 0.2) is 12.3 Å². The molecule has 0 atom stereocenters. The lowest BCUT2D eigenvalue weighted by molar-refractivity contribution is 0.119. The van der Waals surface area contributed by atoms with Crippen LogP contribution in [-0.2, 0) is 11.3 Å². The molecule has 4 nitrogen and oxygen atoms in total. The zero-order valence-electron chi connectivity index (χ0n) is 11.3. The molecule has 1 aromatic heterocycles. The molecule has 17 heavy (non-hydrogen) atoms. The second-order valence-electron chi connectivity index (χ2n) is 4.16. The average molecular weight is 239 g/mol. The third-order valence-electron chi connectivity index (χ3n) is 2.90. The molecule has 0 aliphatic rings. The van der Waals surface area contributed by atoms with Crippen LogP contribution < -0.4 is 5.32 Å². The van der Waals surface area contributed by atoms with E-state index in [2.05, 4.69) is 42.1 Å². The van der Waals surface area contributed by atoms with E-state index in [1.165, 1.54) is 0 Å². The van der Waals surface area contributed by atoms with Crippen molar-refractivity contribution in [2.45, 2.75) is 46.3 Å². The Morgan fingerprint density at radius 1 is 1.35 bits per heavy atom. The summed E-state index contributed by atoms with van der Waals surface area (Å²) in [6.45, 7) is 9.74. The number of hydrogen-bond donors (Lipinski definition) is 1. The van der Waals surface area contributed by atoms with Gasteiger partial charge in [0.15, 0.2) is 0 Å². The molecular weight excluding hydrogens is 214 g/mol. The van der Waals surface area contributed by atoms with Gasteiger partial charge in [0.25, 0.3) is 0 Å². The van der Waals surface area contributed by atoms with Crippen LogP contribution in [0.3, 0.4) is 0 Å². The van der Waals surface area contributed by atoms with Crippen LogP contribution in [0.2, 0.25) is 0 Å². The number of ether oxygens (including phenoxy) is 1. The van der Waals surface area contributed by atoms with E-state index in [4.69, 9.17) is 4.74 Å². The van der Waals surface area contributed by atoms with Gasteiger partial charge in [0.05, 0.1) is 24.9 Å². The largest absolute Gasteiger partial charge is 0.374 e. The van der Waals surface area contributed by atoms with Crippen molar-refractivity contribution in [3.63, 3.8) is 0 Å². The molecule has 0 amide bonds. The van der Waals surface area contributed by atoms with Crippen molar-refractivity contribution in [3.8, 4) is 0 Å². The molecule has 0 aliphatic carbocycles. The predicted octanol–water partition coefficient (Wildman–Crippen LogP) is 2.37. The van der Waals surface area contributed by atoms with E-state index < -0.39 is 0 Å². The van der Waals surface area contributed by atoms with E-state index in [1.807, 2.05) is 6.07 Å². The quantitative estimate of drug-likeness (QED) is 0.672. The monoisotopic (exact) mass is 239 g/mol. The fraction of sp³-hybridized carbons (Fsp3) is 0.769. The summed E-state index contributed by atoms with van der Waals surface area (Å²) in [7, 11) is 0. The van der Waals surface area contributed by atoms with E-state index in [9.17, 15) is 0 Å². The van der Waals surface area contributed by atoms with Crippen LogP contribution >= 0.6 is 0 Å². The lowest BCUT2D eigenvalue weighted by Crippen LogP contribution is -2.18. The molecule has 0 spiro atoms. The van der Waals surface area contributed by atoms with Crippen LogP contribution in [0.4, 0.5) is 0 Å². The molecule has 1 aromatic rings. The van der Waals surface area contributed by atoms with Crippen molar-refractivity contribution in [2.75, 3.05) is 19.7 Å². The molecule has 98 valence electrons. The van der Waals surface area contributed by atoms with Gasteiger partial charge in [0.1, 0.15) is 0 Å². The van der Waals surface area contributed by atoms with E-state index in [1.54, 1.807) is 0 Å². The summed E-state index contributed by atoms with van der Waals surface area (Å²) >= 11 is 0. The van der Waals surface area contributed by atoms with Crippen LogP contribution in [0.5, 0.6) is 0 Å². The fourth-order valence-electron chi connectivity index (χ4n) is 1.82. The molecule has 0 aliphatic heterocycles. The zero-order chi connectivity index (χ0) is 12.5. The number of nitrogens with one attached hydrogen (secondary N) is 1. The third-order valence-corrected chi connectivity index (χ3v) is 2.90. The summed E-state index contributed by atoms with van der Waals surface area (Å²) in [4.78, 5) is 0. The van der Waals surface area contributed by atoms with Crippen molar-refractivity contribution in [2.24, 2.45) is 0 Å². The minimum absolute atomic E-state index is 0.519. The van der Waals surface area contributed by atoms with Crippen LogP contribution in [-0.4, -0.2) is 29.5 Å². The van der Waals surface area contributed by atoms with Gasteiger partial charge in [0.2, 0.25) is 0 Å². The first-order valence-corrected chi connectivity index (χ1v) is 6.64. The summed E-state index contributed by atoms with van der Waals surface area (Å²) in [6.07, 6.45) is 4.30. The molecule has 0 bridgehead atoms. The Balaban J connectivity index is 2.30. The number of hydrogen-bond acceptors (Lipinski definition) is 3. The molecule has 0 saturated heterocycles. The fourth-order valence-corrected chi connectivity index (χ4v) is 1.82. The minimum atomic E-state index is 0.519. The highest BCUT2D eigenvalue weighted by Gasteiger charge is 2.07. The number of nitrogens with zero attached hydrogens (tertiary/aromatic N) is 2. The van der Waals surface area contributed by atoms with Crippen molar-refractivity contribution in [1.29, 1.82) is 0 Å². The number of aromatic nitrogens is 2. The first-order valence-electron chi connectivity index (χ1n) is 6.64. The molecule has 0 aromatic carbocycles. The Hall–Kier alpha value is -0.870. The molecule has 1 rings (SSSR count). The van der Waals surface area contributed by atoms with Gasteiger partial charge in [0, 0.05) is 12.7 Å². The van der Waals surface area contributed by atoms with Crippen LogP contribution in [0.25, 0.3) is 0 Å². The van der Waals surface area contributed by atoms with Crippen molar-refractivity contribution in [3.05, 3.63) is 18.0 Å². The molecule has 0 radical (unpaired) electrons. The lowest BCUT2D eigenvalue weighted by Gasteiger charge is -2.12. The summed E-state index contributed by atoms with van der Waals surface area (Å²) in [5.74, 6) is 0.